The van der Waals surface area contributed by atoms with Crippen LogP contribution in [0.25, 0.3) is 0 Å². The number of nitrogens with zero attached hydrogens (tertiary/aromatic N) is 1. The Labute approximate surface area is 97.0 Å². The Kier molecular flexibility index (Phi) is 5.38. The maximum atomic E-state index is 8.42. The summed E-state index contributed by atoms with van der Waals surface area (Å²) in [5, 5.41) is 11.8. The third-order valence-electron chi connectivity index (χ3n) is 2.51. The molecule has 0 unspecified atom stereocenters. The van der Waals surface area contributed by atoms with Gasteiger partial charge in [-0.2, -0.15) is 5.26 Å². The number of hydrogen-bond donors (Lipinski definition) is 1. The number of nitriles is 1. The van der Waals surface area contributed by atoms with Crippen molar-refractivity contribution in [3.63, 3.8) is 0 Å². The van der Waals surface area contributed by atoms with Gasteiger partial charge in [-0.15, -0.1) is 0 Å². The molecule has 0 radical (unpaired) electrons. The number of hydrogen-bond acceptors (Lipinski definition) is 3. The van der Waals surface area contributed by atoms with Crippen molar-refractivity contribution < 1.29 is 4.74 Å². The van der Waals surface area contributed by atoms with Crippen molar-refractivity contribution in [3.8, 4) is 11.8 Å². The van der Waals surface area contributed by atoms with Crippen LogP contribution in [0.1, 0.15) is 31.4 Å². The van der Waals surface area contributed by atoms with Gasteiger partial charge < -0.3 is 10.1 Å². The molecule has 0 fully saturated rings. The van der Waals surface area contributed by atoms with E-state index < -0.39 is 0 Å². The first-order valence-corrected chi connectivity index (χ1v) is 5.52. The van der Waals surface area contributed by atoms with E-state index in [1.165, 1.54) is 5.56 Å². The molecule has 0 heterocycles. The minimum Gasteiger partial charge on any atom is -0.497 e. The minimum absolute atomic E-state index is 0.286. The lowest BCUT2D eigenvalue weighted by molar-refractivity contribution is 0.413. The van der Waals surface area contributed by atoms with Gasteiger partial charge in [0.05, 0.1) is 13.2 Å². The van der Waals surface area contributed by atoms with Gasteiger partial charge in [-0.1, -0.05) is 12.1 Å². The van der Waals surface area contributed by atoms with Crippen LogP contribution in [0.15, 0.2) is 24.3 Å². The summed E-state index contributed by atoms with van der Waals surface area (Å²) in [6, 6.07) is 10.5. The molecule has 1 aromatic carbocycles. The predicted octanol–water partition coefficient (Wildman–Crippen LogP) is 2.65. The smallest absolute Gasteiger partial charge is 0.119 e. The number of benzene rings is 1. The monoisotopic (exact) mass is 218 g/mol. The van der Waals surface area contributed by atoms with Gasteiger partial charge in [-0.05, 0) is 37.6 Å². The van der Waals surface area contributed by atoms with Crippen molar-refractivity contribution in [2.75, 3.05) is 13.7 Å². The summed E-state index contributed by atoms with van der Waals surface area (Å²) in [5.74, 6) is 0.878. The van der Waals surface area contributed by atoms with E-state index in [-0.39, 0.29) is 6.04 Å². The van der Waals surface area contributed by atoms with E-state index in [1.54, 1.807) is 7.11 Å². The van der Waals surface area contributed by atoms with E-state index in [0.717, 1.165) is 18.7 Å². The highest BCUT2D eigenvalue weighted by Gasteiger charge is 2.04. The van der Waals surface area contributed by atoms with E-state index in [1.807, 2.05) is 18.2 Å². The SMILES string of the molecule is COc1cccc([C@H](C)NCCCC#N)c1. The van der Waals surface area contributed by atoms with Gasteiger partial charge in [0.1, 0.15) is 5.75 Å². The van der Waals surface area contributed by atoms with Crippen LogP contribution in [0.4, 0.5) is 0 Å². The summed E-state index contributed by atoms with van der Waals surface area (Å²) in [6.45, 7) is 2.98. The normalized spacial score (nSPS) is 11.8. The Morgan fingerprint density at radius 2 is 2.31 bits per heavy atom. The molecule has 3 heteroatoms. The van der Waals surface area contributed by atoms with Gasteiger partial charge in [0.15, 0.2) is 0 Å². The lowest BCUT2D eigenvalue weighted by atomic mass is 10.1. The average molecular weight is 218 g/mol. The van der Waals surface area contributed by atoms with Gasteiger partial charge in [-0.3, -0.25) is 0 Å². The van der Waals surface area contributed by atoms with Crippen LogP contribution in [0.2, 0.25) is 0 Å². The van der Waals surface area contributed by atoms with Gasteiger partial charge >= 0.3 is 0 Å². The highest BCUT2D eigenvalue weighted by atomic mass is 16.5. The minimum atomic E-state index is 0.286. The highest BCUT2D eigenvalue weighted by molar-refractivity contribution is 5.30. The number of methoxy groups -OCH3 is 1. The van der Waals surface area contributed by atoms with Crippen LogP contribution in [-0.2, 0) is 0 Å². The molecule has 1 N–H and O–H groups in total. The molecule has 16 heavy (non-hydrogen) atoms. The Morgan fingerprint density at radius 3 is 3.00 bits per heavy atom. The molecule has 1 aromatic rings. The fraction of sp³-hybridized carbons (Fsp3) is 0.462. The summed E-state index contributed by atoms with van der Waals surface area (Å²) in [4.78, 5) is 0. The molecule has 3 nitrogen and oxygen atoms in total. The van der Waals surface area contributed by atoms with Gasteiger partial charge in [0.2, 0.25) is 0 Å². The number of rotatable bonds is 6. The zero-order chi connectivity index (χ0) is 11.8. The molecule has 86 valence electrons. The Hall–Kier alpha value is -1.53. The second-order valence-corrected chi connectivity index (χ2v) is 3.71. The standard InChI is InChI=1S/C13H18N2O/c1-11(15-9-4-3-8-14)12-6-5-7-13(10-12)16-2/h5-7,10-11,15H,3-4,9H2,1-2H3/t11-/m0/s1. The molecule has 1 atom stereocenters. The fourth-order valence-corrected chi connectivity index (χ4v) is 1.51. The number of unbranched alkanes of at least 4 members (excludes halogenated alkanes) is 1. The number of ether oxygens (including phenoxy) is 1. The van der Waals surface area contributed by atoms with E-state index >= 15 is 0 Å². The summed E-state index contributed by atoms with van der Waals surface area (Å²) < 4.78 is 5.18. The van der Waals surface area contributed by atoms with Crippen molar-refractivity contribution in [2.24, 2.45) is 0 Å². The van der Waals surface area contributed by atoms with E-state index in [9.17, 15) is 0 Å². The molecule has 0 bridgehead atoms. The fourth-order valence-electron chi connectivity index (χ4n) is 1.51. The molecule has 0 aliphatic rings. The molecule has 0 amide bonds. The average Bonchev–Trinajstić information content (AvgIpc) is 2.34. The van der Waals surface area contributed by atoms with Crippen LogP contribution in [0.3, 0.4) is 0 Å². The molecular formula is C13H18N2O. The lowest BCUT2D eigenvalue weighted by Gasteiger charge is -2.14. The zero-order valence-corrected chi connectivity index (χ0v) is 9.86. The molecular weight excluding hydrogens is 200 g/mol. The van der Waals surface area contributed by atoms with Crippen molar-refractivity contribution >= 4 is 0 Å². The first kappa shape index (κ1) is 12.5. The molecule has 0 aliphatic heterocycles. The van der Waals surface area contributed by atoms with Crippen LogP contribution < -0.4 is 10.1 Å². The molecule has 0 saturated carbocycles. The first-order valence-electron chi connectivity index (χ1n) is 5.52. The predicted molar refractivity (Wildman–Crippen MR) is 64.3 cm³/mol. The Bertz CT molecular complexity index is 357. The Balaban J connectivity index is 2.46. The summed E-state index contributed by atoms with van der Waals surface area (Å²) in [5.41, 5.74) is 1.20. The lowest BCUT2D eigenvalue weighted by Crippen LogP contribution is -2.19. The van der Waals surface area contributed by atoms with E-state index in [2.05, 4.69) is 24.4 Å². The van der Waals surface area contributed by atoms with Crippen LogP contribution >= 0.6 is 0 Å². The molecule has 0 saturated heterocycles. The van der Waals surface area contributed by atoms with E-state index in [4.69, 9.17) is 10.00 Å². The summed E-state index contributed by atoms with van der Waals surface area (Å²) in [7, 11) is 1.67. The van der Waals surface area contributed by atoms with Gasteiger partial charge in [-0.25, -0.2) is 0 Å². The van der Waals surface area contributed by atoms with Crippen LogP contribution in [0.5, 0.6) is 5.75 Å². The quantitative estimate of drug-likeness (QED) is 0.746. The first-order chi connectivity index (χ1) is 7.77. The Morgan fingerprint density at radius 1 is 1.50 bits per heavy atom. The molecule has 0 aliphatic carbocycles. The summed E-state index contributed by atoms with van der Waals surface area (Å²) in [6.07, 6.45) is 1.50. The highest BCUT2D eigenvalue weighted by Crippen LogP contribution is 2.18. The second-order valence-electron chi connectivity index (χ2n) is 3.71. The van der Waals surface area contributed by atoms with Crippen molar-refractivity contribution in [1.82, 2.24) is 5.32 Å². The summed E-state index contributed by atoms with van der Waals surface area (Å²) >= 11 is 0. The molecule has 1 rings (SSSR count). The van der Waals surface area contributed by atoms with Gasteiger partial charge in [0, 0.05) is 12.5 Å². The zero-order valence-electron chi connectivity index (χ0n) is 9.86. The van der Waals surface area contributed by atoms with E-state index in [0.29, 0.717) is 6.42 Å². The number of nitrogens with one attached hydrogen (secondary N) is 1. The maximum absolute atomic E-state index is 8.42. The van der Waals surface area contributed by atoms with Gasteiger partial charge in [0.25, 0.3) is 0 Å². The second kappa shape index (κ2) is 6.86. The third-order valence-corrected chi connectivity index (χ3v) is 2.51. The third kappa shape index (κ3) is 3.92. The topological polar surface area (TPSA) is 45.0 Å². The van der Waals surface area contributed by atoms with Crippen molar-refractivity contribution in [1.29, 1.82) is 5.26 Å². The van der Waals surface area contributed by atoms with Crippen LogP contribution in [0, 0.1) is 11.3 Å². The van der Waals surface area contributed by atoms with Crippen LogP contribution in [-0.4, -0.2) is 13.7 Å². The molecule has 0 spiro atoms. The van der Waals surface area contributed by atoms with Crippen molar-refractivity contribution in [3.05, 3.63) is 29.8 Å². The largest absolute Gasteiger partial charge is 0.497 e. The maximum Gasteiger partial charge on any atom is 0.119 e. The molecule has 0 aromatic heterocycles. The van der Waals surface area contributed by atoms with Crippen molar-refractivity contribution in [2.45, 2.75) is 25.8 Å².